The maximum atomic E-state index is 12.7. The molecular weight excluding hydrogens is 248 g/mol. The molecule has 1 aromatic heterocycles. The molecule has 0 aliphatic heterocycles. The highest BCUT2D eigenvalue weighted by molar-refractivity contribution is 5.81. The van der Waals surface area contributed by atoms with Crippen LogP contribution in [0.3, 0.4) is 0 Å². The van der Waals surface area contributed by atoms with Gasteiger partial charge in [-0.3, -0.25) is 9.13 Å². The van der Waals surface area contributed by atoms with E-state index < -0.39 is 0 Å². The van der Waals surface area contributed by atoms with Crippen LogP contribution in [0.4, 0.5) is 0 Å². The lowest BCUT2D eigenvalue weighted by atomic mass is 10.1. The highest BCUT2D eigenvalue weighted by Crippen LogP contribution is 2.22. The van der Waals surface area contributed by atoms with Crippen molar-refractivity contribution in [3.05, 3.63) is 40.3 Å². The normalized spacial score (nSPS) is 12.8. The maximum absolute atomic E-state index is 12.7. The van der Waals surface area contributed by atoms with E-state index in [4.69, 9.17) is 0 Å². The van der Waals surface area contributed by atoms with Crippen LogP contribution in [0, 0.1) is 19.8 Å². The minimum absolute atomic E-state index is 0.0257. The van der Waals surface area contributed by atoms with E-state index in [1.165, 1.54) is 11.1 Å². The standard InChI is InChI=1S/C17H24N2O/c1-7-12(4)10-18-15-8-13(5)14(6)9-16(15)19(11(2)3)17(18)20/h8-9,12H,2,7,10H2,1,3-6H3. The van der Waals surface area contributed by atoms with E-state index in [2.05, 4.69) is 46.4 Å². The van der Waals surface area contributed by atoms with Crippen LogP contribution in [-0.4, -0.2) is 9.13 Å². The fourth-order valence-corrected chi connectivity index (χ4v) is 2.49. The molecule has 2 aromatic rings. The Morgan fingerprint density at radius 2 is 1.80 bits per heavy atom. The van der Waals surface area contributed by atoms with Crippen LogP contribution in [0.15, 0.2) is 23.5 Å². The van der Waals surface area contributed by atoms with Gasteiger partial charge in [0, 0.05) is 12.2 Å². The average Bonchev–Trinajstić information content (AvgIpc) is 2.63. The number of aromatic nitrogens is 2. The fraction of sp³-hybridized carbons (Fsp3) is 0.471. The molecule has 0 spiro atoms. The van der Waals surface area contributed by atoms with Crippen LogP contribution in [0.25, 0.3) is 16.7 Å². The second kappa shape index (κ2) is 5.31. The SMILES string of the molecule is C=C(C)n1c(=O)n(CC(C)CC)c2cc(C)c(C)cc21. The highest BCUT2D eigenvalue weighted by Gasteiger charge is 2.16. The lowest BCUT2D eigenvalue weighted by Crippen LogP contribution is -2.25. The van der Waals surface area contributed by atoms with E-state index in [-0.39, 0.29) is 5.69 Å². The first-order valence-electron chi connectivity index (χ1n) is 7.25. The lowest BCUT2D eigenvalue weighted by Gasteiger charge is -2.10. The molecule has 20 heavy (non-hydrogen) atoms. The van der Waals surface area contributed by atoms with E-state index in [0.717, 1.165) is 29.7 Å². The third-order valence-corrected chi connectivity index (χ3v) is 4.12. The summed E-state index contributed by atoms with van der Waals surface area (Å²) in [4.78, 5) is 12.7. The molecule has 3 nitrogen and oxygen atoms in total. The minimum Gasteiger partial charge on any atom is -0.291 e. The number of nitrogens with zero attached hydrogens (tertiary/aromatic N) is 2. The van der Waals surface area contributed by atoms with Crippen molar-refractivity contribution in [2.75, 3.05) is 0 Å². The molecule has 108 valence electrons. The summed E-state index contributed by atoms with van der Waals surface area (Å²) in [7, 11) is 0. The van der Waals surface area contributed by atoms with Gasteiger partial charge in [0.1, 0.15) is 0 Å². The monoisotopic (exact) mass is 272 g/mol. The summed E-state index contributed by atoms with van der Waals surface area (Å²) in [5.41, 5.74) is 5.20. The van der Waals surface area contributed by atoms with Crippen LogP contribution in [0.1, 0.15) is 38.3 Å². The molecule has 1 aromatic carbocycles. The smallest absolute Gasteiger partial charge is 0.291 e. The number of aryl methyl sites for hydroxylation is 2. The van der Waals surface area contributed by atoms with Gasteiger partial charge in [0.2, 0.25) is 0 Å². The molecule has 0 fully saturated rings. The zero-order valence-corrected chi connectivity index (χ0v) is 13.2. The van der Waals surface area contributed by atoms with Gasteiger partial charge in [0.25, 0.3) is 0 Å². The first kappa shape index (κ1) is 14.6. The molecule has 0 amide bonds. The highest BCUT2D eigenvalue weighted by atomic mass is 16.1. The zero-order chi connectivity index (χ0) is 15.0. The van der Waals surface area contributed by atoms with Gasteiger partial charge in [-0.2, -0.15) is 0 Å². The summed E-state index contributed by atoms with van der Waals surface area (Å²) < 4.78 is 3.62. The predicted octanol–water partition coefficient (Wildman–Crippen LogP) is 3.96. The predicted molar refractivity (Wildman–Crippen MR) is 86.1 cm³/mol. The van der Waals surface area contributed by atoms with Crippen molar-refractivity contribution in [3.63, 3.8) is 0 Å². The van der Waals surface area contributed by atoms with Gasteiger partial charge in [0.15, 0.2) is 0 Å². The molecule has 2 rings (SSSR count). The van der Waals surface area contributed by atoms with E-state index in [9.17, 15) is 4.79 Å². The molecule has 0 radical (unpaired) electrons. The Labute approximate surface area is 120 Å². The molecule has 0 aliphatic rings. The van der Waals surface area contributed by atoms with E-state index in [0.29, 0.717) is 5.92 Å². The summed E-state index contributed by atoms with van der Waals surface area (Å²) in [5, 5.41) is 0. The quantitative estimate of drug-likeness (QED) is 0.827. The van der Waals surface area contributed by atoms with Crippen molar-refractivity contribution in [1.29, 1.82) is 0 Å². The summed E-state index contributed by atoms with van der Waals surface area (Å²) in [6, 6.07) is 4.21. The van der Waals surface area contributed by atoms with Crippen LogP contribution >= 0.6 is 0 Å². The Morgan fingerprint density at radius 1 is 1.25 bits per heavy atom. The number of benzene rings is 1. The molecule has 0 aliphatic carbocycles. The first-order valence-corrected chi connectivity index (χ1v) is 7.25. The first-order chi connectivity index (χ1) is 9.36. The van der Waals surface area contributed by atoms with Gasteiger partial charge < -0.3 is 0 Å². The van der Waals surface area contributed by atoms with Crippen LogP contribution in [0.2, 0.25) is 0 Å². The van der Waals surface area contributed by atoms with E-state index in [1.807, 2.05) is 11.5 Å². The minimum atomic E-state index is 0.0257. The Kier molecular flexibility index (Phi) is 3.89. The Hall–Kier alpha value is -1.77. The summed E-state index contributed by atoms with van der Waals surface area (Å²) >= 11 is 0. The number of fused-ring (bicyclic) bond motifs is 1. The topological polar surface area (TPSA) is 26.9 Å². The van der Waals surface area contributed by atoms with E-state index in [1.54, 1.807) is 4.57 Å². The van der Waals surface area contributed by atoms with Crippen molar-refractivity contribution in [2.24, 2.45) is 5.92 Å². The maximum Gasteiger partial charge on any atom is 0.333 e. The molecule has 0 saturated heterocycles. The van der Waals surface area contributed by atoms with Gasteiger partial charge >= 0.3 is 5.69 Å². The van der Waals surface area contributed by atoms with Gasteiger partial charge in [0.05, 0.1) is 11.0 Å². The summed E-state index contributed by atoms with van der Waals surface area (Å²) in [5.74, 6) is 0.485. The summed E-state index contributed by atoms with van der Waals surface area (Å²) in [6.07, 6.45) is 1.07. The Bertz CT molecular complexity index is 719. The number of imidazole rings is 1. The van der Waals surface area contributed by atoms with Gasteiger partial charge in [-0.05, 0) is 49.9 Å². The third kappa shape index (κ3) is 2.33. The van der Waals surface area contributed by atoms with Crippen molar-refractivity contribution in [1.82, 2.24) is 9.13 Å². The Morgan fingerprint density at radius 3 is 2.30 bits per heavy atom. The molecule has 0 saturated carbocycles. The molecule has 0 bridgehead atoms. The zero-order valence-electron chi connectivity index (χ0n) is 13.2. The van der Waals surface area contributed by atoms with Crippen molar-refractivity contribution in [2.45, 2.75) is 47.6 Å². The van der Waals surface area contributed by atoms with Crippen LogP contribution < -0.4 is 5.69 Å². The van der Waals surface area contributed by atoms with Crippen LogP contribution in [-0.2, 0) is 6.54 Å². The molecule has 0 N–H and O–H groups in total. The van der Waals surface area contributed by atoms with Gasteiger partial charge in [-0.25, -0.2) is 4.79 Å². The second-order valence-corrected chi connectivity index (χ2v) is 5.90. The largest absolute Gasteiger partial charge is 0.333 e. The number of hydrogen-bond acceptors (Lipinski definition) is 1. The van der Waals surface area contributed by atoms with Crippen molar-refractivity contribution in [3.8, 4) is 0 Å². The summed E-state index contributed by atoms with van der Waals surface area (Å²) in [6.45, 7) is 15.1. The van der Waals surface area contributed by atoms with Crippen molar-refractivity contribution >= 4 is 16.7 Å². The molecule has 1 atom stereocenters. The average molecular weight is 272 g/mol. The molecule has 1 unspecified atom stereocenters. The second-order valence-electron chi connectivity index (χ2n) is 5.90. The number of hydrogen-bond donors (Lipinski definition) is 0. The number of rotatable bonds is 4. The third-order valence-electron chi connectivity index (χ3n) is 4.12. The van der Waals surface area contributed by atoms with Crippen LogP contribution in [0.5, 0.6) is 0 Å². The Balaban J connectivity index is 2.80. The fourth-order valence-electron chi connectivity index (χ4n) is 2.49. The lowest BCUT2D eigenvalue weighted by molar-refractivity contribution is 0.466. The van der Waals surface area contributed by atoms with Crippen molar-refractivity contribution < 1.29 is 0 Å². The molecule has 1 heterocycles. The van der Waals surface area contributed by atoms with Gasteiger partial charge in [-0.15, -0.1) is 0 Å². The number of allylic oxidation sites excluding steroid dienone is 1. The molecular formula is C17H24N2O. The molecule has 3 heteroatoms. The van der Waals surface area contributed by atoms with E-state index >= 15 is 0 Å². The van der Waals surface area contributed by atoms with Gasteiger partial charge in [-0.1, -0.05) is 26.8 Å².